The van der Waals surface area contributed by atoms with Crippen molar-refractivity contribution < 1.29 is 8.78 Å². The Bertz CT molecular complexity index is 484. The number of hydrogen-bond acceptors (Lipinski definition) is 3. The van der Waals surface area contributed by atoms with E-state index >= 15 is 0 Å². The number of halogens is 2. The summed E-state index contributed by atoms with van der Waals surface area (Å²) in [4.78, 5) is 3.92. The molecule has 90 valence electrons. The van der Waals surface area contributed by atoms with Crippen LogP contribution in [0.15, 0.2) is 24.5 Å². The van der Waals surface area contributed by atoms with E-state index in [-0.39, 0.29) is 6.04 Å². The molecule has 0 aliphatic heterocycles. The molecule has 0 saturated heterocycles. The summed E-state index contributed by atoms with van der Waals surface area (Å²) in [6.07, 6.45) is 1.39. The standard InChI is InChI=1S/C11H12F2N4/c1-7(14-5-10-15-6-16-17-10)8-3-2-4-9(12)11(8)13/h2-4,6-7,14H,5H2,1H3,(H,15,16,17). The monoisotopic (exact) mass is 238 g/mol. The van der Waals surface area contributed by atoms with Crippen LogP contribution in [0, 0.1) is 11.6 Å². The number of benzene rings is 1. The van der Waals surface area contributed by atoms with Crippen molar-refractivity contribution in [3.63, 3.8) is 0 Å². The Balaban J connectivity index is 2.04. The van der Waals surface area contributed by atoms with Crippen LogP contribution in [0.2, 0.25) is 0 Å². The highest BCUT2D eigenvalue weighted by atomic mass is 19.2. The van der Waals surface area contributed by atoms with E-state index < -0.39 is 11.6 Å². The molecule has 0 bridgehead atoms. The minimum Gasteiger partial charge on any atom is -0.303 e. The van der Waals surface area contributed by atoms with E-state index in [2.05, 4.69) is 20.5 Å². The summed E-state index contributed by atoms with van der Waals surface area (Å²) in [6.45, 7) is 2.17. The summed E-state index contributed by atoms with van der Waals surface area (Å²) in [5.41, 5.74) is 0.296. The Morgan fingerprint density at radius 1 is 1.41 bits per heavy atom. The highest BCUT2D eigenvalue weighted by Crippen LogP contribution is 2.18. The van der Waals surface area contributed by atoms with Gasteiger partial charge in [0.25, 0.3) is 0 Å². The van der Waals surface area contributed by atoms with E-state index in [4.69, 9.17) is 0 Å². The van der Waals surface area contributed by atoms with Crippen molar-refractivity contribution in [3.8, 4) is 0 Å². The number of aromatic nitrogens is 3. The predicted molar refractivity (Wildman–Crippen MR) is 58.0 cm³/mol. The smallest absolute Gasteiger partial charge is 0.163 e. The highest BCUT2D eigenvalue weighted by molar-refractivity contribution is 5.21. The fourth-order valence-corrected chi connectivity index (χ4v) is 1.53. The van der Waals surface area contributed by atoms with Crippen molar-refractivity contribution in [3.05, 3.63) is 47.5 Å². The van der Waals surface area contributed by atoms with Crippen molar-refractivity contribution in [2.24, 2.45) is 0 Å². The molecule has 1 aromatic carbocycles. The molecule has 0 saturated carbocycles. The topological polar surface area (TPSA) is 53.6 Å². The van der Waals surface area contributed by atoms with Gasteiger partial charge in [0.05, 0.1) is 6.54 Å². The molecule has 0 aliphatic rings. The van der Waals surface area contributed by atoms with Gasteiger partial charge in [0.1, 0.15) is 12.2 Å². The Kier molecular flexibility index (Phi) is 3.43. The van der Waals surface area contributed by atoms with Crippen LogP contribution in [0.25, 0.3) is 0 Å². The van der Waals surface area contributed by atoms with E-state index in [1.54, 1.807) is 13.0 Å². The average Bonchev–Trinajstić information content (AvgIpc) is 2.82. The molecular weight excluding hydrogens is 226 g/mol. The average molecular weight is 238 g/mol. The van der Waals surface area contributed by atoms with Gasteiger partial charge in [-0.25, -0.2) is 13.8 Å². The molecule has 2 N–H and O–H groups in total. The molecule has 4 nitrogen and oxygen atoms in total. The van der Waals surface area contributed by atoms with Gasteiger partial charge in [-0.2, -0.15) is 5.10 Å². The molecule has 0 spiro atoms. The molecule has 1 heterocycles. The van der Waals surface area contributed by atoms with Gasteiger partial charge in [0, 0.05) is 11.6 Å². The Hall–Kier alpha value is -1.82. The van der Waals surface area contributed by atoms with Crippen LogP contribution in [0.5, 0.6) is 0 Å². The minimum atomic E-state index is -0.837. The summed E-state index contributed by atoms with van der Waals surface area (Å²) in [6, 6.07) is 3.83. The molecule has 0 aliphatic carbocycles. The normalized spacial score (nSPS) is 12.6. The quantitative estimate of drug-likeness (QED) is 0.855. The van der Waals surface area contributed by atoms with E-state index in [0.717, 1.165) is 6.07 Å². The second-order valence-electron chi connectivity index (χ2n) is 3.68. The zero-order valence-electron chi connectivity index (χ0n) is 9.24. The lowest BCUT2D eigenvalue weighted by Crippen LogP contribution is -2.20. The number of aromatic amines is 1. The van der Waals surface area contributed by atoms with Gasteiger partial charge < -0.3 is 5.32 Å². The second kappa shape index (κ2) is 5.01. The maximum Gasteiger partial charge on any atom is 0.163 e. The van der Waals surface area contributed by atoms with E-state index in [9.17, 15) is 8.78 Å². The number of rotatable bonds is 4. The van der Waals surface area contributed by atoms with Crippen LogP contribution in [-0.4, -0.2) is 15.2 Å². The van der Waals surface area contributed by atoms with E-state index in [1.165, 1.54) is 12.4 Å². The van der Waals surface area contributed by atoms with Crippen LogP contribution in [0.3, 0.4) is 0 Å². The fraction of sp³-hybridized carbons (Fsp3) is 0.273. The zero-order chi connectivity index (χ0) is 12.3. The first kappa shape index (κ1) is 11.7. The lowest BCUT2D eigenvalue weighted by Gasteiger charge is -2.14. The second-order valence-corrected chi connectivity index (χ2v) is 3.68. The first-order valence-corrected chi connectivity index (χ1v) is 5.20. The van der Waals surface area contributed by atoms with E-state index in [1.807, 2.05) is 0 Å². The number of nitrogens with one attached hydrogen (secondary N) is 2. The van der Waals surface area contributed by atoms with Gasteiger partial charge in [-0.3, -0.25) is 5.10 Å². The van der Waals surface area contributed by atoms with Gasteiger partial charge in [0.15, 0.2) is 11.6 Å². The molecule has 6 heteroatoms. The van der Waals surface area contributed by atoms with Gasteiger partial charge in [-0.1, -0.05) is 12.1 Å². The number of nitrogens with zero attached hydrogens (tertiary/aromatic N) is 2. The predicted octanol–water partition coefficient (Wildman–Crippen LogP) is 1.93. The van der Waals surface area contributed by atoms with Crippen molar-refractivity contribution in [2.45, 2.75) is 19.5 Å². The van der Waals surface area contributed by atoms with Gasteiger partial charge in [-0.05, 0) is 13.0 Å². The Morgan fingerprint density at radius 2 is 2.24 bits per heavy atom. The van der Waals surface area contributed by atoms with Crippen LogP contribution in [0.4, 0.5) is 8.78 Å². The Labute approximate surface area is 97.1 Å². The molecule has 2 rings (SSSR count). The van der Waals surface area contributed by atoms with Crippen molar-refractivity contribution >= 4 is 0 Å². The molecule has 17 heavy (non-hydrogen) atoms. The van der Waals surface area contributed by atoms with Crippen molar-refractivity contribution in [1.82, 2.24) is 20.5 Å². The third-order valence-corrected chi connectivity index (χ3v) is 2.49. The summed E-state index contributed by atoms with van der Waals surface area (Å²) >= 11 is 0. The van der Waals surface area contributed by atoms with E-state index in [0.29, 0.717) is 17.9 Å². The van der Waals surface area contributed by atoms with Crippen LogP contribution < -0.4 is 5.32 Å². The highest BCUT2D eigenvalue weighted by Gasteiger charge is 2.13. The third kappa shape index (κ3) is 2.65. The molecule has 1 aromatic heterocycles. The number of H-pyrrole nitrogens is 1. The maximum atomic E-state index is 13.5. The molecule has 0 amide bonds. The lowest BCUT2D eigenvalue weighted by atomic mass is 10.1. The molecule has 2 aromatic rings. The first-order valence-electron chi connectivity index (χ1n) is 5.20. The summed E-state index contributed by atoms with van der Waals surface area (Å²) in [5, 5.41) is 9.40. The zero-order valence-corrected chi connectivity index (χ0v) is 9.24. The molecule has 0 fully saturated rings. The van der Waals surface area contributed by atoms with Gasteiger partial charge in [-0.15, -0.1) is 0 Å². The van der Waals surface area contributed by atoms with Crippen molar-refractivity contribution in [2.75, 3.05) is 0 Å². The lowest BCUT2D eigenvalue weighted by molar-refractivity contribution is 0.470. The molecular formula is C11H12F2N4. The first-order chi connectivity index (χ1) is 8.18. The maximum absolute atomic E-state index is 13.5. The molecule has 1 atom stereocenters. The van der Waals surface area contributed by atoms with Gasteiger partial charge in [0.2, 0.25) is 0 Å². The summed E-state index contributed by atoms with van der Waals surface area (Å²) in [5.74, 6) is -1.01. The largest absolute Gasteiger partial charge is 0.303 e. The summed E-state index contributed by atoms with van der Waals surface area (Å²) < 4.78 is 26.5. The SMILES string of the molecule is CC(NCc1ncn[nH]1)c1cccc(F)c1F. The third-order valence-electron chi connectivity index (χ3n) is 2.49. The fourth-order valence-electron chi connectivity index (χ4n) is 1.53. The van der Waals surface area contributed by atoms with Crippen LogP contribution in [0.1, 0.15) is 24.4 Å². The van der Waals surface area contributed by atoms with Crippen LogP contribution in [-0.2, 0) is 6.54 Å². The van der Waals surface area contributed by atoms with Crippen LogP contribution >= 0.6 is 0 Å². The molecule has 0 radical (unpaired) electrons. The number of hydrogen-bond donors (Lipinski definition) is 2. The van der Waals surface area contributed by atoms with Gasteiger partial charge >= 0.3 is 0 Å². The molecule has 1 unspecified atom stereocenters. The Morgan fingerprint density at radius 3 is 2.94 bits per heavy atom. The van der Waals surface area contributed by atoms with Crippen molar-refractivity contribution in [1.29, 1.82) is 0 Å². The summed E-state index contributed by atoms with van der Waals surface area (Å²) in [7, 11) is 0. The minimum absolute atomic E-state index is 0.296.